The number of anilines is 1. The summed E-state index contributed by atoms with van der Waals surface area (Å²) in [5.74, 6) is 0.368. The SMILES string of the molecule is O=C1CCC(N2Cc3cc(N4CCN(CCCCCOc5cccc(C6c7ccc(O)cc7CCC6c6ccc(F)cc6)c5)CC4)ccc3C2=O)C(=O)N1. The summed E-state index contributed by atoms with van der Waals surface area (Å²) in [4.78, 5) is 43.6. The second kappa shape index (κ2) is 15.6. The van der Waals surface area contributed by atoms with Crippen LogP contribution < -0.4 is 15.0 Å². The number of hydrogen-bond donors (Lipinski definition) is 2. The van der Waals surface area contributed by atoms with Gasteiger partial charge in [-0.1, -0.05) is 30.3 Å². The molecule has 1 aliphatic carbocycles. The normalized spacial score (nSPS) is 21.5. The quantitative estimate of drug-likeness (QED) is 0.134. The van der Waals surface area contributed by atoms with Crippen molar-refractivity contribution in [1.82, 2.24) is 15.1 Å². The molecular formula is C44H47FN4O5. The first-order valence-electron chi connectivity index (χ1n) is 19.4. The van der Waals surface area contributed by atoms with Crippen molar-refractivity contribution in [1.29, 1.82) is 0 Å². The van der Waals surface area contributed by atoms with Gasteiger partial charge in [0.05, 0.1) is 6.61 Å². The molecule has 0 bridgehead atoms. The first-order chi connectivity index (χ1) is 26.3. The molecule has 4 aromatic carbocycles. The second-order valence-corrected chi connectivity index (χ2v) is 15.1. The number of imide groups is 1. The number of phenols is 1. The van der Waals surface area contributed by atoms with Crippen LogP contribution in [-0.4, -0.2) is 78.0 Å². The molecule has 2 fully saturated rings. The summed E-state index contributed by atoms with van der Waals surface area (Å²) in [6.45, 7) is 5.87. The topological polar surface area (TPSA) is 102 Å². The van der Waals surface area contributed by atoms with Crippen LogP contribution in [-0.2, 0) is 22.6 Å². The van der Waals surface area contributed by atoms with Crippen molar-refractivity contribution in [3.8, 4) is 11.5 Å². The predicted octanol–water partition coefficient (Wildman–Crippen LogP) is 6.53. The maximum Gasteiger partial charge on any atom is 0.255 e. The number of carbonyl (C=O) groups excluding carboxylic acids is 3. The molecule has 2 N–H and O–H groups in total. The Bertz CT molecular complexity index is 2030. The minimum atomic E-state index is -0.599. The number of carbonyl (C=O) groups is 3. The third-order valence-electron chi connectivity index (χ3n) is 11.7. The molecule has 3 amide bonds. The number of hydrogen-bond acceptors (Lipinski definition) is 7. The Kier molecular flexibility index (Phi) is 10.4. The van der Waals surface area contributed by atoms with Gasteiger partial charge in [0.2, 0.25) is 11.8 Å². The van der Waals surface area contributed by atoms with Gasteiger partial charge in [0.1, 0.15) is 23.4 Å². The number of piperazine rings is 1. The van der Waals surface area contributed by atoms with Crippen LogP contribution in [0.2, 0.25) is 0 Å². The van der Waals surface area contributed by atoms with Gasteiger partial charge < -0.3 is 19.6 Å². The van der Waals surface area contributed by atoms with E-state index < -0.39 is 6.04 Å². The first-order valence-corrected chi connectivity index (χ1v) is 19.4. The summed E-state index contributed by atoms with van der Waals surface area (Å²) < 4.78 is 20.1. The fourth-order valence-electron chi connectivity index (χ4n) is 8.88. The molecule has 3 atom stereocenters. The number of halogens is 1. The van der Waals surface area contributed by atoms with E-state index in [0.717, 1.165) is 98.5 Å². The highest BCUT2D eigenvalue weighted by atomic mass is 19.1. The highest BCUT2D eigenvalue weighted by Gasteiger charge is 2.39. The molecule has 2 saturated heterocycles. The highest BCUT2D eigenvalue weighted by Crippen LogP contribution is 2.47. The van der Waals surface area contributed by atoms with Gasteiger partial charge >= 0.3 is 0 Å². The molecule has 3 unspecified atom stereocenters. The molecule has 0 saturated carbocycles. The monoisotopic (exact) mass is 730 g/mol. The summed E-state index contributed by atoms with van der Waals surface area (Å²) in [7, 11) is 0. The third kappa shape index (κ3) is 7.57. The number of nitrogens with one attached hydrogen (secondary N) is 1. The lowest BCUT2D eigenvalue weighted by Crippen LogP contribution is -2.52. The zero-order valence-corrected chi connectivity index (χ0v) is 30.5. The summed E-state index contributed by atoms with van der Waals surface area (Å²) in [6.07, 6.45) is 5.54. The molecule has 54 heavy (non-hydrogen) atoms. The maximum absolute atomic E-state index is 13.8. The number of benzene rings is 4. The van der Waals surface area contributed by atoms with Gasteiger partial charge in [-0.2, -0.15) is 0 Å². The van der Waals surface area contributed by atoms with Crippen LogP contribution in [0.5, 0.6) is 11.5 Å². The van der Waals surface area contributed by atoms with Gasteiger partial charge in [-0.15, -0.1) is 0 Å². The van der Waals surface area contributed by atoms with Crippen LogP contribution in [0.25, 0.3) is 0 Å². The van der Waals surface area contributed by atoms with Crippen LogP contribution in [0.1, 0.15) is 88.5 Å². The molecule has 0 aromatic heterocycles. The van der Waals surface area contributed by atoms with E-state index in [9.17, 15) is 23.9 Å². The molecule has 0 spiro atoms. The van der Waals surface area contributed by atoms with E-state index in [0.29, 0.717) is 25.1 Å². The Morgan fingerprint density at radius 1 is 0.796 bits per heavy atom. The van der Waals surface area contributed by atoms with Gasteiger partial charge in [0, 0.05) is 56.3 Å². The van der Waals surface area contributed by atoms with Crippen molar-refractivity contribution in [2.75, 3.05) is 44.2 Å². The number of fused-ring (bicyclic) bond motifs is 2. The number of rotatable bonds is 11. The molecule has 10 heteroatoms. The number of piperidine rings is 1. The third-order valence-corrected chi connectivity index (χ3v) is 11.7. The maximum atomic E-state index is 13.8. The standard InChI is InChI=1S/C44H47FN4O5/c45-33-10-7-29(8-11-33)37-14-9-30-26-35(50)13-16-38(30)42(37)31-5-4-6-36(27-31)54-24-3-1-2-19-47-20-22-48(23-21-47)34-12-15-39-32(25-34)28-49(44(39)53)40-17-18-41(51)46-43(40)52/h4-8,10-13,15-16,25-27,37,40,42,50H,1-3,9,14,17-24,28H2,(H,46,51,52). The Morgan fingerprint density at radius 2 is 1.63 bits per heavy atom. The number of phenolic OH excluding ortho intramolecular Hbond substituents is 1. The smallest absolute Gasteiger partial charge is 0.255 e. The van der Waals surface area contributed by atoms with Crippen molar-refractivity contribution in [2.24, 2.45) is 0 Å². The number of aryl methyl sites for hydroxylation is 1. The lowest BCUT2D eigenvalue weighted by molar-refractivity contribution is -0.136. The summed E-state index contributed by atoms with van der Waals surface area (Å²) in [5, 5.41) is 12.6. The van der Waals surface area contributed by atoms with Gasteiger partial charge in [-0.05, 0) is 133 Å². The zero-order chi connectivity index (χ0) is 37.2. The van der Waals surface area contributed by atoms with Crippen LogP contribution in [0.4, 0.5) is 10.1 Å². The molecule has 9 nitrogen and oxygen atoms in total. The van der Waals surface area contributed by atoms with Gasteiger partial charge in [-0.3, -0.25) is 24.6 Å². The van der Waals surface area contributed by atoms with Crippen molar-refractivity contribution in [3.63, 3.8) is 0 Å². The Morgan fingerprint density at radius 3 is 2.44 bits per heavy atom. The fraction of sp³-hybridized carbons (Fsp3) is 0.386. The molecule has 3 heterocycles. The van der Waals surface area contributed by atoms with Crippen LogP contribution in [0.3, 0.4) is 0 Å². The Hall–Kier alpha value is -5.22. The minimum absolute atomic E-state index is 0.0751. The van der Waals surface area contributed by atoms with Crippen LogP contribution in [0.15, 0.2) is 84.9 Å². The van der Waals surface area contributed by atoms with Crippen molar-refractivity contribution >= 4 is 23.4 Å². The Labute approximate surface area is 315 Å². The largest absolute Gasteiger partial charge is 0.508 e. The lowest BCUT2D eigenvalue weighted by Gasteiger charge is -2.36. The van der Waals surface area contributed by atoms with E-state index in [1.54, 1.807) is 23.1 Å². The number of aromatic hydroxyl groups is 1. The van der Waals surface area contributed by atoms with Crippen LogP contribution >= 0.6 is 0 Å². The van der Waals surface area contributed by atoms with E-state index in [1.165, 1.54) is 5.56 Å². The number of ether oxygens (including phenoxy) is 1. The van der Waals surface area contributed by atoms with Gasteiger partial charge in [0.25, 0.3) is 5.91 Å². The Balaban J connectivity index is 0.797. The van der Waals surface area contributed by atoms with Gasteiger partial charge in [0.15, 0.2) is 0 Å². The van der Waals surface area contributed by atoms with E-state index in [4.69, 9.17) is 4.74 Å². The summed E-state index contributed by atoms with van der Waals surface area (Å²) in [5.41, 5.74) is 7.33. The molecule has 0 radical (unpaired) electrons. The molecule has 4 aliphatic rings. The fourth-order valence-corrected chi connectivity index (χ4v) is 8.88. The highest BCUT2D eigenvalue weighted by molar-refractivity contribution is 6.05. The number of amides is 3. The lowest BCUT2D eigenvalue weighted by atomic mass is 9.69. The van der Waals surface area contributed by atoms with E-state index in [1.807, 2.05) is 42.5 Å². The average molecular weight is 731 g/mol. The summed E-state index contributed by atoms with van der Waals surface area (Å²) in [6, 6.07) is 26.3. The van der Waals surface area contributed by atoms with E-state index >= 15 is 0 Å². The van der Waals surface area contributed by atoms with Crippen molar-refractivity contribution < 1.29 is 28.6 Å². The second-order valence-electron chi connectivity index (χ2n) is 15.1. The van der Waals surface area contributed by atoms with Gasteiger partial charge in [-0.25, -0.2) is 4.39 Å². The summed E-state index contributed by atoms with van der Waals surface area (Å²) >= 11 is 0. The predicted molar refractivity (Wildman–Crippen MR) is 204 cm³/mol. The molecule has 280 valence electrons. The first kappa shape index (κ1) is 35.8. The number of unbranched alkanes of at least 4 members (excludes halogenated alkanes) is 2. The molecule has 3 aliphatic heterocycles. The number of nitrogens with zero attached hydrogens (tertiary/aromatic N) is 3. The van der Waals surface area contributed by atoms with Crippen LogP contribution in [0, 0.1) is 5.82 Å². The molecule has 8 rings (SSSR count). The van der Waals surface area contributed by atoms with Crippen molar-refractivity contribution in [3.05, 3.63) is 124 Å². The molecule has 4 aromatic rings. The zero-order valence-electron chi connectivity index (χ0n) is 30.5. The van der Waals surface area contributed by atoms with Crippen molar-refractivity contribution in [2.45, 2.75) is 69.4 Å². The average Bonchev–Trinajstić information content (AvgIpc) is 3.51. The molecular weight excluding hydrogens is 684 g/mol. The minimum Gasteiger partial charge on any atom is -0.508 e. The van der Waals surface area contributed by atoms with E-state index in [-0.39, 0.29) is 47.5 Å². The van der Waals surface area contributed by atoms with E-state index in [2.05, 4.69) is 39.4 Å².